The van der Waals surface area contributed by atoms with E-state index >= 15 is 0 Å². The van der Waals surface area contributed by atoms with Gasteiger partial charge in [0.25, 0.3) is 0 Å². The van der Waals surface area contributed by atoms with Crippen LogP contribution in [-0.4, -0.2) is 34.5 Å². The minimum Gasteiger partial charge on any atom is -0.263 e. The molecule has 0 aliphatic heterocycles. The summed E-state index contributed by atoms with van der Waals surface area (Å²) in [6.45, 7) is 0.207. The first-order valence-corrected chi connectivity index (χ1v) is 10.4. The summed E-state index contributed by atoms with van der Waals surface area (Å²) in [4.78, 5) is 9.01. The molecule has 3 heterocycles. The molecule has 0 bridgehead atoms. The van der Waals surface area contributed by atoms with Crippen molar-refractivity contribution >= 4 is 26.3 Å². The first kappa shape index (κ1) is 17.7. The molecule has 0 amide bonds. The Kier molecular flexibility index (Phi) is 4.68. The Bertz CT molecular complexity index is 1190. The van der Waals surface area contributed by atoms with Gasteiger partial charge in [0, 0.05) is 36.3 Å². The largest absolute Gasteiger partial charge is 0.263 e. The fourth-order valence-electron chi connectivity index (χ4n) is 2.55. The number of nitrogens with zero attached hydrogens (tertiary/aromatic N) is 4. The Morgan fingerprint density at radius 1 is 1.22 bits per heavy atom. The van der Waals surface area contributed by atoms with Crippen molar-refractivity contribution in [2.45, 2.75) is 11.3 Å². The predicted octanol–water partition coefficient (Wildman–Crippen LogP) is 2.51. The van der Waals surface area contributed by atoms with Crippen LogP contribution >= 0.6 is 11.3 Å². The van der Waals surface area contributed by atoms with Gasteiger partial charge in [0.15, 0.2) is 5.82 Å². The fourth-order valence-corrected chi connectivity index (χ4v) is 4.40. The van der Waals surface area contributed by atoms with Gasteiger partial charge >= 0.3 is 0 Å². The molecule has 4 aromatic rings. The highest BCUT2D eigenvalue weighted by molar-refractivity contribution is 7.89. The Balaban J connectivity index is 1.50. The molecule has 7 nitrogen and oxygen atoms in total. The third kappa shape index (κ3) is 3.72. The molecule has 138 valence electrons. The van der Waals surface area contributed by atoms with Gasteiger partial charge < -0.3 is 0 Å². The molecular formula is C17H14FN5O2S2. The minimum absolute atomic E-state index is 0.120. The zero-order valence-corrected chi connectivity index (χ0v) is 15.5. The molecule has 0 aliphatic carbocycles. The number of thiazole rings is 1. The summed E-state index contributed by atoms with van der Waals surface area (Å²) in [7, 11) is -3.61. The van der Waals surface area contributed by atoms with E-state index < -0.39 is 10.0 Å². The molecule has 0 spiro atoms. The molecule has 3 aromatic heterocycles. The van der Waals surface area contributed by atoms with E-state index in [1.54, 1.807) is 22.7 Å². The van der Waals surface area contributed by atoms with Crippen LogP contribution in [0.15, 0.2) is 59.1 Å². The number of rotatable bonds is 6. The van der Waals surface area contributed by atoms with Gasteiger partial charge in [0.1, 0.15) is 10.7 Å². The molecule has 0 fully saturated rings. The van der Waals surface area contributed by atoms with E-state index in [0.717, 1.165) is 5.69 Å². The van der Waals surface area contributed by atoms with Crippen LogP contribution in [0.2, 0.25) is 0 Å². The maximum Gasteiger partial charge on any atom is 0.242 e. The van der Waals surface area contributed by atoms with E-state index in [0.29, 0.717) is 22.8 Å². The van der Waals surface area contributed by atoms with Crippen molar-refractivity contribution in [2.75, 3.05) is 6.54 Å². The number of hydrogen-bond donors (Lipinski definition) is 1. The topological polar surface area (TPSA) is 89.2 Å². The van der Waals surface area contributed by atoms with Crippen LogP contribution in [0.25, 0.3) is 16.3 Å². The molecule has 0 saturated carbocycles. The highest BCUT2D eigenvalue weighted by Gasteiger charge is 2.15. The second kappa shape index (κ2) is 7.14. The summed E-state index contributed by atoms with van der Waals surface area (Å²) in [5, 5.41) is 6.30. The number of halogens is 1. The normalized spacial score (nSPS) is 11.9. The van der Waals surface area contributed by atoms with E-state index in [4.69, 9.17) is 0 Å². The van der Waals surface area contributed by atoms with Gasteiger partial charge in [0.05, 0.1) is 5.69 Å². The highest BCUT2D eigenvalue weighted by Crippen LogP contribution is 2.21. The van der Waals surface area contributed by atoms with Crippen molar-refractivity contribution in [3.05, 3.63) is 65.7 Å². The van der Waals surface area contributed by atoms with Crippen LogP contribution < -0.4 is 4.72 Å². The van der Waals surface area contributed by atoms with Crippen molar-refractivity contribution in [3.63, 3.8) is 0 Å². The van der Waals surface area contributed by atoms with Gasteiger partial charge in [-0.2, -0.15) is 4.98 Å². The molecule has 27 heavy (non-hydrogen) atoms. The van der Waals surface area contributed by atoms with Gasteiger partial charge in [-0.05, 0) is 24.3 Å². The Hall–Kier alpha value is -2.69. The Labute approximate surface area is 158 Å². The number of hydrogen-bond acceptors (Lipinski definition) is 6. The molecule has 0 saturated heterocycles. The standard InChI is InChI=1S/C17H14FN5O2S2/c18-13-4-1-3-12(9-13)16-21-17-23(22-16)14(11-26-17)6-8-20-27(24,25)15-5-2-7-19-10-15/h1-5,7,9-11,20H,6,8H2. The summed E-state index contributed by atoms with van der Waals surface area (Å²) in [5.41, 5.74) is 1.41. The molecule has 10 heteroatoms. The minimum atomic E-state index is -3.61. The summed E-state index contributed by atoms with van der Waals surface area (Å²) in [6, 6.07) is 9.14. The molecule has 0 unspecified atom stereocenters. The second-order valence-electron chi connectivity index (χ2n) is 5.70. The average molecular weight is 403 g/mol. The molecule has 0 radical (unpaired) electrons. The smallest absolute Gasteiger partial charge is 0.242 e. The number of sulfonamides is 1. The molecule has 1 aromatic carbocycles. The van der Waals surface area contributed by atoms with E-state index in [9.17, 15) is 12.8 Å². The van der Waals surface area contributed by atoms with Crippen molar-refractivity contribution in [1.29, 1.82) is 0 Å². The SMILES string of the molecule is O=S(=O)(NCCc1csc2nc(-c3cccc(F)c3)nn12)c1cccnc1. The van der Waals surface area contributed by atoms with E-state index in [-0.39, 0.29) is 17.3 Å². The summed E-state index contributed by atoms with van der Waals surface area (Å²) < 4.78 is 42.1. The lowest BCUT2D eigenvalue weighted by atomic mass is 10.2. The quantitative estimate of drug-likeness (QED) is 0.534. The monoisotopic (exact) mass is 403 g/mol. The molecule has 0 aliphatic rings. The second-order valence-corrected chi connectivity index (χ2v) is 8.31. The zero-order chi connectivity index (χ0) is 18.9. The van der Waals surface area contributed by atoms with Crippen LogP contribution in [0, 0.1) is 5.82 Å². The number of aromatic nitrogens is 4. The maximum atomic E-state index is 13.4. The van der Waals surface area contributed by atoms with Crippen LogP contribution in [0.5, 0.6) is 0 Å². The van der Waals surface area contributed by atoms with Crippen molar-refractivity contribution < 1.29 is 12.8 Å². The molecule has 4 rings (SSSR count). The van der Waals surface area contributed by atoms with Crippen molar-refractivity contribution in [1.82, 2.24) is 24.3 Å². The molecule has 1 N–H and O–H groups in total. The summed E-state index contributed by atoms with van der Waals surface area (Å²) >= 11 is 1.40. The first-order chi connectivity index (χ1) is 13.0. The average Bonchev–Trinajstić information content (AvgIpc) is 3.24. The summed E-state index contributed by atoms with van der Waals surface area (Å²) in [6.07, 6.45) is 3.25. The third-order valence-corrected chi connectivity index (χ3v) is 6.16. The Morgan fingerprint density at radius 2 is 2.11 bits per heavy atom. The zero-order valence-electron chi connectivity index (χ0n) is 13.9. The van der Waals surface area contributed by atoms with E-state index in [2.05, 4.69) is 19.8 Å². The number of pyridine rings is 1. The first-order valence-electron chi connectivity index (χ1n) is 8.02. The van der Waals surface area contributed by atoms with Gasteiger partial charge in [-0.15, -0.1) is 16.4 Å². The van der Waals surface area contributed by atoms with E-state index in [1.165, 1.54) is 41.9 Å². The van der Waals surface area contributed by atoms with Crippen LogP contribution in [-0.2, 0) is 16.4 Å². The fraction of sp³-hybridized carbons (Fsp3) is 0.118. The lowest BCUT2D eigenvalue weighted by Crippen LogP contribution is -2.26. The van der Waals surface area contributed by atoms with Crippen LogP contribution in [0.4, 0.5) is 4.39 Å². The van der Waals surface area contributed by atoms with Gasteiger partial charge in [-0.1, -0.05) is 12.1 Å². The summed E-state index contributed by atoms with van der Waals surface area (Å²) in [5.74, 6) is 0.0780. The van der Waals surface area contributed by atoms with Crippen LogP contribution in [0.1, 0.15) is 5.69 Å². The van der Waals surface area contributed by atoms with Gasteiger partial charge in [-0.25, -0.2) is 22.0 Å². The molecule has 0 atom stereocenters. The van der Waals surface area contributed by atoms with Crippen LogP contribution in [0.3, 0.4) is 0 Å². The van der Waals surface area contributed by atoms with Crippen molar-refractivity contribution in [3.8, 4) is 11.4 Å². The third-order valence-electron chi connectivity index (χ3n) is 3.85. The maximum absolute atomic E-state index is 13.4. The molecular weight excluding hydrogens is 389 g/mol. The van der Waals surface area contributed by atoms with E-state index in [1.807, 2.05) is 5.38 Å². The van der Waals surface area contributed by atoms with Gasteiger partial charge in [0.2, 0.25) is 15.0 Å². The predicted molar refractivity (Wildman–Crippen MR) is 99.4 cm³/mol. The number of fused-ring (bicyclic) bond motifs is 1. The van der Waals surface area contributed by atoms with Gasteiger partial charge in [-0.3, -0.25) is 4.98 Å². The highest BCUT2D eigenvalue weighted by atomic mass is 32.2. The van der Waals surface area contributed by atoms with Crippen molar-refractivity contribution in [2.24, 2.45) is 0 Å². The number of nitrogens with one attached hydrogen (secondary N) is 1. The number of benzene rings is 1. The lowest BCUT2D eigenvalue weighted by molar-refractivity contribution is 0.580. The Morgan fingerprint density at radius 3 is 2.89 bits per heavy atom. The lowest BCUT2D eigenvalue weighted by Gasteiger charge is -2.05.